The summed E-state index contributed by atoms with van der Waals surface area (Å²) in [5.41, 5.74) is 4.09. The summed E-state index contributed by atoms with van der Waals surface area (Å²) in [4.78, 5) is 22.4. The van der Waals surface area contributed by atoms with Crippen molar-refractivity contribution in [2.75, 3.05) is 11.9 Å². The highest BCUT2D eigenvalue weighted by Crippen LogP contribution is 2.30. The van der Waals surface area contributed by atoms with Gasteiger partial charge in [0.1, 0.15) is 10.9 Å². The number of nitriles is 1. The maximum atomic E-state index is 10.6. The van der Waals surface area contributed by atoms with Crippen molar-refractivity contribution in [3.63, 3.8) is 0 Å². The molecule has 0 aliphatic carbocycles. The molecular weight excluding hydrogens is 479 g/mol. The number of hydrogen-bond donors (Lipinski definition) is 2. The second kappa shape index (κ2) is 11.4. The topological polar surface area (TPSA) is 112 Å². The number of nitrogens with zero attached hydrogens (tertiary/aromatic N) is 4. The standard InChI is InChI=1S/C22H19N5S.C2HF3O2/c1-15-6-8-16(9-7-15)10-12-24-22-25-13-11-18(27-22)17(14-23)21-26-19-4-2-3-5-20(19)28-21;3-2(4,5)1(6)7/h2-9,11,13,17H,10,12H2,1H3,(H,24,25,27);(H,6,7). The first kappa shape index (κ1) is 25.6. The minimum atomic E-state index is -5.08. The lowest BCUT2D eigenvalue weighted by atomic mass is 10.1. The highest BCUT2D eigenvalue weighted by molar-refractivity contribution is 7.18. The number of anilines is 1. The number of fused-ring (bicyclic) bond motifs is 1. The number of aliphatic carboxylic acids is 1. The molecule has 180 valence electrons. The Morgan fingerprint density at radius 1 is 1.14 bits per heavy atom. The number of carboxylic acids is 1. The van der Waals surface area contributed by atoms with Crippen molar-refractivity contribution in [1.29, 1.82) is 5.26 Å². The number of carboxylic acid groups (broad SMARTS) is 1. The summed E-state index contributed by atoms with van der Waals surface area (Å²) in [6.07, 6.45) is -2.51. The lowest BCUT2D eigenvalue weighted by Crippen LogP contribution is -2.21. The van der Waals surface area contributed by atoms with E-state index in [1.54, 1.807) is 12.3 Å². The molecule has 2 heterocycles. The van der Waals surface area contributed by atoms with Gasteiger partial charge in [-0.15, -0.1) is 11.3 Å². The Labute approximate surface area is 202 Å². The second-order valence-corrected chi connectivity index (χ2v) is 8.41. The van der Waals surface area contributed by atoms with Crippen LogP contribution in [0.5, 0.6) is 0 Å². The van der Waals surface area contributed by atoms with E-state index in [9.17, 15) is 18.4 Å². The molecule has 0 saturated carbocycles. The zero-order chi connectivity index (χ0) is 25.4. The molecule has 1 atom stereocenters. The molecule has 0 bridgehead atoms. The van der Waals surface area contributed by atoms with Crippen LogP contribution in [0.25, 0.3) is 10.2 Å². The number of aromatic nitrogens is 3. The molecule has 0 spiro atoms. The van der Waals surface area contributed by atoms with Gasteiger partial charge in [-0.25, -0.2) is 19.7 Å². The van der Waals surface area contributed by atoms with Crippen molar-refractivity contribution in [3.05, 3.63) is 82.6 Å². The van der Waals surface area contributed by atoms with Gasteiger partial charge in [-0.2, -0.15) is 18.4 Å². The van der Waals surface area contributed by atoms with E-state index in [1.807, 2.05) is 24.3 Å². The Bertz CT molecular complexity index is 1300. The normalized spacial score (nSPS) is 11.7. The number of thiazole rings is 1. The maximum absolute atomic E-state index is 10.6. The van der Waals surface area contributed by atoms with Crippen LogP contribution in [-0.4, -0.2) is 38.7 Å². The van der Waals surface area contributed by atoms with Gasteiger partial charge in [0.2, 0.25) is 5.95 Å². The first-order valence-corrected chi connectivity index (χ1v) is 11.2. The number of carbonyl (C=O) groups is 1. The highest BCUT2D eigenvalue weighted by Gasteiger charge is 2.38. The van der Waals surface area contributed by atoms with Gasteiger partial charge >= 0.3 is 12.1 Å². The van der Waals surface area contributed by atoms with E-state index in [-0.39, 0.29) is 0 Å². The molecule has 0 aliphatic rings. The molecular formula is C24H20F3N5O2S. The van der Waals surface area contributed by atoms with E-state index in [0.717, 1.165) is 28.2 Å². The molecule has 0 amide bonds. The van der Waals surface area contributed by atoms with Crippen LogP contribution in [0, 0.1) is 18.3 Å². The van der Waals surface area contributed by atoms with Crippen LogP contribution in [0.3, 0.4) is 0 Å². The van der Waals surface area contributed by atoms with Crippen molar-refractivity contribution in [1.82, 2.24) is 15.0 Å². The van der Waals surface area contributed by atoms with Gasteiger partial charge in [-0.1, -0.05) is 42.0 Å². The number of hydrogen-bond acceptors (Lipinski definition) is 7. The van der Waals surface area contributed by atoms with Gasteiger partial charge < -0.3 is 10.4 Å². The molecule has 2 aromatic heterocycles. The molecule has 0 radical (unpaired) electrons. The smallest absolute Gasteiger partial charge is 0.475 e. The molecule has 0 fully saturated rings. The summed E-state index contributed by atoms with van der Waals surface area (Å²) in [7, 11) is 0. The van der Waals surface area contributed by atoms with Crippen LogP contribution < -0.4 is 5.32 Å². The van der Waals surface area contributed by atoms with Crippen molar-refractivity contribution in [2.45, 2.75) is 25.4 Å². The largest absolute Gasteiger partial charge is 0.490 e. The highest BCUT2D eigenvalue weighted by atomic mass is 32.1. The Hall–Kier alpha value is -4.04. The lowest BCUT2D eigenvalue weighted by Gasteiger charge is -2.09. The lowest BCUT2D eigenvalue weighted by molar-refractivity contribution is -0.192. The molecule has 2 aromatic carbocycles. The van der Waals surface area contributed by atoms with Gasteiger partial charge in [0.05, 0.1) is 22.0 Å². The predicted octanol–water partition coefficient (Wildman–Crippen LogP) is 5.34. The van der Waals surface area contributed by atoms with Crippen LogP contribution in [0.15, 0.2) is 60.8 Å². The van der Waals surface area contributed by atoms with Crippen LogP contribution in [0.4, 0.5) is 19.1 Å². The van der Waals surface area contributed by atoms with Gasteiger partial charge in [-0.05, 0) is 37.1 Å². The fourth-order valence-electron chi connectivity index (χ4n) is 2.95. The third kappa shape index (κ3) is 7.22. The van der Waals surface area contributed by atoms with E-state index in [2.05, 4.69) is 57.5 Å². The summed E-state index contributed by atoms with van der Waals surface area (Å²) in [6, 6.07) is 20.5. The number of aryl methyl sites for hydroxylation is 1. The number of alkyl halides is 3. The summed E-state index contributed by atoms with van der Waals surface area (Å²) in [5.74, 6) is -2.73. The average Bonchev–Trinajstić information content (AvgIpc) is 3.25. The van der Waals surface area contributed by atoms with Crippen LogP contribution in [0.1, 0.15) is 27.7 Å². The first-order valence-electron chi connectivity index (χ1n) is 10.3. The summed E-state index contributed by atoms with van der Waals surface area (Å²) in [5, 5.41) is 20.9. The average molecular weight is 500 g/mol. The van der Waals surface area contributed by atoms with E-state index in [1.165, 1.54) is 22.5 Å². The van der Waals surface area contributed by atoms with Gasteiger partial charge in [0.15, 0.2) is 0 Å². The van der Waals surface area contributed by atoms with Gasteiger partial charge in [-0.3, -0.25) is 0 Å². The molecule has 0 saturated heterocycles. The minimum absolute atomic E-state index is 0.502. The fraction of sp³-hybridized carbons (Fsp3) is 0.208. The number of para-hydroxylation sites is 1. The van der Waals surface area contributed by atoms with E-state index < -0.39 is 18.1 Å². The van der Waals surface area contributed by atoms with Crippen LogP contribution in [-0.2, 0) is 11.2 Å². The zero-order valence-electron chi connectivity index (χ0n) is 18.5. The third-order valence-electron chi connectivity index (χ3n) is 4.72. The first-order chi connectivity index (χ1) is 16.7. The fourth-order valence-corrected chi connectivity index (χ4v) is 3.98. The number of halogens is 3. The van der Waals surface area contributed by atoms with Crippen LogP contribution in [0.2, 0.25) is 0 Å². The second-order valence-electron chi connectivity index (χ2n) is 7.35. The van der Waals surface area contributed by atoms with E-state index in [4.69, 9.17) is 9.90 Å². The molecule has 4 rings (SSSR count). The molecule has 35 heavy (non-hydrogen) atoms. The van der Waals surface area contributed by atoms with Crippen molar-refractivity contribution < 1.29 is 23.1 Å². The zero-order valence-corrected chi connectivity index (χ0v) is 19.3. The third-order valence-corrected chi connectivity index (χ3v) is 5.82. The Morgan fingerprint density at radius 2 is 1.83 bits per heavy atom. The predicted molar refractivity (Wildman–Crippen MR) is 126 cm³/mol. The van der Waals surface area contributed by atoms with E-state index in [0.29, 0.717) is 11.6 Å². The number of nitrogens with one attached hydrogen (secondary N) is 1. The SMILES string of the molecule is Cc1ccc(CCNc2nccc(C(C#N)c3nc4ccccc4s3)n2)cc1.O=C(O)C(F)(F)F. The molecule has 1 unspecified atom stereocenters. The molecule has 7 nitrogen and oxygen atoms in total. The summed E-state index contributed by atoms with van der Waals surface area (Å²) in [6.45, 7) is 2.81. The maximum Gasteiger partial charge on any atom is 0.490 e. The van der Waals surface area contributed by atoms with Crippen molar-refractivity contribution >= 4 is 33.5 Å². The van der Waals surface area contributed by atoms with E-state index >= 15 is 0 Å². The Kier molecular flexibility index (Phi) is 8.33. The number of benzene rings is 2. The number of rotatable bonds is 6. The Morgan fingerprint density at radius 3 is 2.46 bits per heavy atom. The summed E-state index contributed by atoms with van der Waals surface area (Å²) < 4.78 is 32.8. The summed E-state index contributed by atoms with van der Waals surface area (Å²) >= 11 is 1.53. The quantitative estimate of drug-likeness (QED) is 0.368. The minimum Gasteiger partial charge on any atom is -0.475 e. The molecule has 4 aromatic rings. The Balaban J connectivity index is 0.000000429. The molecule has 0 aliphatic heterocycles. The van der Waals surface area contributed by atoms with Crippen molar-refractivity contribution in [3.8, 4) is 6.07 Å². The molecule has 11 heteroatoms. The van der Waals surface area contributed by atoms with Crippen LogP contribution >= 0.6 is 11.3 Å². The monoisotopic (exact) mass is 499 g/mol. The van der Waals surface area contributed by atoms with Crippen molar-refractivity contribution in [2.24, 2.45) is 0 Å². The van der Waals surface area contributed by atoms with Gasteiger partial charge in [0, 0.05) is 12.7 Å². The van der Waals surface area contributed by atoms with Gasteiger partial charge in [0.25, 0.3) is 0 Å². The molecule has 2 N–H and O–H groups in total.